The zero-order valence-electron chi connectivity index (χ0n) is 12.4. The number of hydrogen-bond acceptors (Lipinski definition) is 3. The van der Waals surface area contributed by atoms with Gasteiger partial charge in [0.2, 0.25) is 11.8 Å². The molecule has 2 saturated heterocycles. The molecule has 2 N–H and O–H groups in total. The van der Waals surface area contributed by atoms with Gasteiger partial charge in [0.15, 0.2) is 0 Å². The Morgan fingerprint density at radius 3 is 2.52 bits per heavy atom. The van der Waals surface area contributed by atoms with Crippen LogP contribution in [0.25, 0.3) is 0 Å². The average Bonchev–Trinajstić information content (AvgIpc) is 3.05. The first kappa shape index (κ1) is 17.6. The fraction of sp³-hybridized carbons (Fsp3) is 0.467. The maximum Gasteiger partial charge on any atom is 0.262 e. The number of amides is 2. The van der Waals surface area contributed by atoms with E-state index in [9.17, 15) is 18.4 Å². The van der Waals surface area contributed by atoms with Gasteiger partial charge in [-0.25, -0.2) is 8.78 Å². The fourth-order valence-corrected chi connectivity index (χ4v) is 2.78. The van der Waals surface area contributed by atoms with Crippen LogP contribution in [0, 0.1) is 0 Å². The molecule has 8 heteroatoms. The number of hydrogen-bond donors (Lipinski definition) is 2. The first-order valence-corrected chi connectivity index (χ1v) is 7.27. The highest BCUT2D eigenvalue weighted by atomic mass is 35.5. The van der Waals surface area contributed by atoms with Gasteiger partial charge in [0.25, 0.3) is 5.92 Å². The van der Waals surface area contributed by atoms with E-state index in [4.69, 9.17) is 0 Å². The van der Waals surface area contributed by atoms with Crippen molar-refractivity contribution < 1.29 is 18.4 Å². The van der Waals surface area contributed by atoms with Crippen LogP contribution >= 0.6 is 12.4 Å². The lowest BCUT2D eigenvalue weighted by Gasteiger charge is -2.16. The summed E-state index contributed by atoms with van der Waals surface area (Å²) in [7, 11) is 0. The minimum atomic E-state index is -2.83. The van der Waals surface area contributed by atoms with Gasteiger partial charge in [-0.05, 0) is 30.7 Å². The molecule has 0 radical (unpaired) electrons. The van der Waals surface area contributed by atoms with E-state index < -0.39 is 30.8 Å². The van der Waals surface area contributed by atoms with Gasteiger partial charge in [0.1, 0.15) is 0 Å². The Bertz CT molecular complexity index is 595. The van der Waals surface area contributed by atoms with E-state index in [0.717, 1.165) is 12.1 Å². The smallest absolute Gasteiger partial charge is 0.262 e. The third-order valence-electron chi connectivity index (χ3n) is 3.95. The van der Waals surface area contributed by atoms with Gasteiger partial charge in [-0.15, -0.1) is 12.4 Å². The Balaban J connectivity index is 0.00000192. The Kier molecular flexibility index (Phi) is 5.21. The second kappa shape index (κ2) is 6.80. The van der Waals surface area contributed by atoms with E-state index in [-0.39, 0.29) is 18.3 Å². The minimum Gasteiger partial charge on any atom is -0.325 e. The molecule has 0 aromatic heterocycles. The number of nitrogens with zero attached hydrogens (tertiary/aromatic N) is 1. The van der Waals surface area contributed by atoms with Crippen molar-refractivity contribution in [2.45, 2.75) is 31.2 Å². The van der Waals surface area contributed by atoms with Gasteiger partial charge >= 0.3 is 0 Å². The van der Waals surface area contributed by atoms with Crippen molar-refractivity contribution in [3.8, 4) is 0 Å². The maximum atomic E-state index is 13.1. The fourth-order valence-electron chi connectivity index (χ4n) is 2.78. The van der Waals surface area contributed by atoms with E-state index in [0.29, 0.717) is 18.7 Å². The maximum absolute atomic E-state index is 13.1. The Morgan fingerprint density at radius 1 is 1.30 bits per heavy atom. The molecule has 126 valence electrons. The quantitative estimate of drug-likeness (QED) is 0.882. The number of anilines is 2. The molecule has 1 aromatic rings. The molecule has 0 saturated carbocycles. The molecule has 0 bridgehead atoms. The largest absolute Gasteiger partial charge is 0.325 e. The van der Waals surface area contributed by atoms with E-state index in [2.05, 4.69) is 10.6 Å². The lowest BCUT2D eigenvalue weighted by molar-refractivity contribution is -0.118. The van der Waals surface area contributed by atoms with Crippen molar-refractivity contribution in [2.75, 3.05) is 23.3 Å². The van der Waals surface area contributed by atoms with Crippen molar-refractivity contribution in [2.24, 2.45) is 0 Å². The van der Waals surface area contributed by atoms with Crippen LogP contribution in [0.2, 0.25) is 0 Å². The van der Waals surface area contributed by atoms with Crippen LogP contribution in [0.5, 0.6) is 0 Å². The van der Waals surface area contributed by atoms with Crippen LogP contribution in [-0.4, -0.2) is 36.9 Å². The highest BCUT2D eigenvalue weighted by molar-refractivity contribution is 5.97. The van der Waals surface area contributed by atoms with Gasteiger partial charge in [-0.1, -0.05) is 0 Å². The molecule has 23 heavy (non-hydrogen) atoms. The summed E-state index contributed by atoms with van der Waals surface area (Å²) in [5.41, 5.74) is 1.31. The number of nitrogens with one attached hydrogen (secondary N) is 2. The van der Waals surface area contributed by atoms with E-state index >= 15 is 0 Å². The number of alkyl halides is 2. The minimum absolute atomic E-state index is 0. The van der Waals surface area contributed by atoms with Crippen LogP contribution in [0.1, 0.15) is 19.3 Å². The molecule has 1 unspecified atom stereocenters. The van der Waals surface area contributed by atoms with Crippen LogP contribution < -0.4 is 15.5 Å². The molecule has 2 aliphatic heterocycles. The van der Waals surface area contributed by atoms with E-state index in [1.165, 1.54) is 0 Å². The average molecular weight is 346 g/mol. The van der Waals surface area contributed by atoms with Crippen molar-refractivity contribution in [1.29, 1.82) is 0 Å². The third kappa shape index (κ3) is 3.97. The number of rotatable bonds is 3. The third-order valence-corrected chi connectivity index (χ3v) is 3.95. The van der Waals surface area contributed by atoms with Gasteiger partial charge in [-0.3, -0.25) is 14.9 Å². The van der Waals surface area contributed by atoms with E-state index in [1.807, 2.05) is 0 Å². The molecule has 3 rings (SSSR count). The predicted molar refractivity (Wildman–Crippen MR) is 85.3 cm³/mol. The molecule has 2 amide bonds. The molecular weight excluding hydrogens is 328 g/mol. The summed E-state index contributed by atoms with van der Waals surface area (Å²) in [5.74, 6) is -3.21. The lowest BCUT2D eigenvalue weighted by Crippen LogP contribution is -2.35. The number of carbonyl (C=O) groups excluding carboxylic acids is 2. The normalized spacial score (nSPS) is 22.8. The van der Waals surface area contributed by atoms with Crippen molar-refractivity contribution in [1.82, 2.24) is 5.32 Å². The summed E-state index contributed by atoms with van der Waals surface area (Å²) in [5, 5.41) is 5.13. The van der Waals surface area contributed by atoms with Gasteiger partial charge < -0.3 is 10.2 Å². The highest BCUT2D eigenvalue weighted by Crippen LogP contribution is 2.26. The summed E-state index contributed by atoms with van der Waals surface area (Å²) < 4.78 is 26.2. The highest BCUT2D eigenvalue weighted by Gasteiger charge is 2.42. The summed E-state index contributed by atoms with van der Waals surface area (Å²) in [6, 6.07) is 5.96. The van der Waals surface area contributed by atoms with Crippen LogP contribution in [0.3, 0.4) is 0 Å². The van der Waals surface area contributed by atoms with E-state index in [1.54, 1.807) is 29.2 Å². The lowest BCUT2D eigenvalue weighted by atomic mass is 10.1. The predicted octanol–water partition coefficient (Wildman–Crippen LogP) is 2.17. The van der Waals surface area contributed by atoms with Crippen molar-refractivity contribution in [3.05, 3.63) is 24.3 Å². The van der Waals surface area contributed by atoms with Gasteiger partial charge in [0.05, 0.1) is 12.6 Å². The zero-order valence-corrected chi connectivity index (χ0v) is 13.2. The summed E-state index contributed by atoms with van der Waals surface area (Å²) >= 11 is 0. The second-order valence-corrected chi connectivity index (χ2v) is 5.68. The van der Waals surface area contributed by atoms with Crippen molar-refractivity contribution in [3.63, 3.8) is 0 Å². The molecule has 0 spiro atoms. The van der Waals surface area contributed by atoms with Crippen LogP contribution in [0.4, 0.5) is 20.2 Å². The van der Waals surface area contributed by atoms with Crippen LogP contribution in [0.15, 0.2) is 24.3 Å². The molecule has 1 atom stereocenters. The monoisotopic (exact) mass is 345 g/mol. The topological polar surface area (TPSA) is 61.4 Å². The Morgan fingerprint density at radius 2 is 2.00 bits per heavy atom. The summed E-state index contributed by atoms with van der Waals surface area (Å²) in [6.07, 6.45) is 0.915. The first-order chi connectivity index (χ1) is 10.4. The molecule has 5 nitrogen and oxygen atoms in total. The van der Waals surface area contributed by atoms with Gasteiger partial charge in [0, 0.05) is 30.8 Å². The SMILES string of the molecule is Cl.O=C(Nc1ccc(N2CCCC2=O)cc1)C1CC(F)(F)CN1. The van der Waals surface area contributed by atoms with Crippen molar-refractivity contribution >= 4 is 35.6 Å². The zero-order chi connectivity index (χ0) is 15.7. The number of halogens is 3. The molecular formula is C15H18ClF2N3O2. The number of carbonyl (C=O) groups is 2. The standard InChI is InChI=1S/C15H17F2N3O2.ClH/c16-15(17)8-12(18-9-15)14(22)19-10-3-5-11(6-4-10)20-7-1-2-13(20)21;/h3-6,12,18H,1-2,7-9H2,(H,19,22);1H. The Hall–Kier alpha value is -1.73. The summed E-state index contributed by atoms with van der Waals surface area (Å²) in [6.45, 7) is 0.229. The molecule has 2 heterocycles. The first-order valence-electron chi connectivity index (χ1n) is 7.27. The molecule has 1 aromatic carbocycles. The molecule has 2 aliphatic rings. The molecule has 2 fully saturated rings. The van der Waals surface area contributed by atoms with Crippen LogP contribution in [-0.2, 0) is 9.59 Å². The van der Waals surface area contributed by atoms with Gasteiger partial charge in [-0.2, -0.15) is 0 Å². The Labute approximate surface area is 138 Å². The second-order valence-electron chi connectivity index (χ2n) is 5.68. The summed E-state index contributed by atoms with van der Waals surface area (Å²) in [4.78, 5) is 25.3. The number of benzene rings is 1. The molecule has 0 aliphatic carbocycles.